The number of hydrogen-bond donors (Lipinski definition) is 1. The Kier molecular flexibility index (Phi) is 3.94. The van der Waals surface area contributed by atoms with Crippen molar-refractivity contribution in [1.29, 1.82) is 0 Å². The summed E-state index contributed by atoms with van der Waals surface area (Å²) in [5.41, 5.74) is 0.648. The van der Waals surface area contributed by atoms with Gasteiger partial charge in [0, 0.05) is 32.0 Å². The van der Waals surface area contributed by atoms with E-state index in [1.165, 1.54) is 0 Å². The van der Waals surface area contributed by atoms with Crippen LogP contribution in [0.3, 0.4) is 0 Å². The molecule has 7 nitrogen and oxygen atoms in total. The number of carbonyl (C=O) groups excluding carboxylic acids is 1. The number of likely N-dealkylation sites (tertiary alicyclic amines) is 1. The van der Waals surface area contributed by atoms with Crippen molar-refractivity contribution in [2.45, 2.75) is 18.6 Å². The summed E-state index contributed by atoms with van der Waals surface area (Å²) in [6.07, 6.45) is 2.99. The van der Waals surface area contributed by atoms with E-state index in [9.17, 15) is 4.79 Å². The number of carbonyl (C=O) groups is 1. The number of urea groups is 1. The second-order valence-electron chi connectivity index (χ2n) is 5.11. The monoisotopic (exact) mass is 293 g/mol. The molecule has 0 atom stereocenters. The fourth-order valence-corrected chi connectivity index (χ4v) is 2.61. The lowest BCUT2D eigenvalue weighted by atomic mass is 10.0. The van der Waals surface area contributed by atoms with Crippen LogP contribution in [0.5, 0.6) is 5.88 Å². The zero-order chi connectivity index (χ0) is 14.7. The van der Waals surface area contributed by atoms with Crippen LogP contribution in [-0.2, 0) is 9.47 Å². The van der Waals surface area contributed by atoms with Crippen molar-refractivity contribution in [1.82, 2.24) is 9.88 Å². The molecule has 7 heteroatoms. The van der Waals surface area contributed by atoms with Gasteiger partial charge in [0.25, 0.3) is 0 Å². The third-order valence-corrected chi connectivity index (χ3v) is 3.82. The van der Waals surface area contributed by atoms with Crippen LogP contribution in [0.2, 0.25) is 0 Å². The summed E-state index contributed by atoms with van der Waals surface area (Å²) in [5.74, 6) is 0.0572. The van der Waals surface area contributed by atoms with Gasteiger partial charge in [-0.1, -0.05) is 0 Å². The first-order valence-electron chi connectivity index (χ1n) is 7.05. The third kappa shape index (κ3) is 3.08. The number of nitrogens with zero attached hydrogens (tertiary/aromatic N) is 2. The lowest BCUT2D eigenvalue weighted by Gasteiger charge is -2.37. The fraction of sp³-hybridized carbons (Fsp3) is 0.571. The molecule has 3 heterocycles. The molecule has 2 fully saturated rings. The van der Waals surface area contributed by atoms with Gasteiger partial charge < -0.3 is 24.4 Å². The maximum Gasteiger partial charge on any atom is 0.321 e. The van der Waals surface area contributed by atoms with Gasteiger partial charge in [-0.3, -0.25) is 0 Å². The third-order valence-electron chi connectivity index (χ3n) is 3.82. The summed E-state index contributed by atoms with van der Waals surface area (Å²) in [6, 6.07) is 3.34. The molecule has 0 radical (unpaired) electrons. The molecule has 1 aromatic rings. The van der Waals surface area contributed by atoms with Gasteiger partial charge in [-0.25, -0.2) is 9.78 Å². The van der Waals surface area contributed by atoms with Crippen molar-refractivity contribution >= 4 is 11.7 Å². The molecule has 2 saturated heterocycles. The molecule has 3 rings (SSSR count). The zero-order valence-corrected chi connectivity index (χ0v) is 12.0. The van der Waals surface area contributed by atoms with Crippen molar-refractivity contribution in [3.05, 3.63) is 18.3 Å². The molecular formula is C14H19N3O4. The van der Waals surface area contributed by atoms with Crippen LogP contribution in [0.15, 0.2) is 18.3 Å². The number of amides is 2. The molecule has 0 saturated carbocycles. The summed E-state index contributed by atoms with van der Waals surface area (Å²) < 4.78 is 16.3. The molecule has 0 aliphatic carbocycles. The molecule has 2 aliphatic heterocycles. The van der Waals surface area contributed by atoms with E-state index in [2.05, 4.69) is 10.3 Å². The molecule has 1 spiro atoms. The van der Waals surface area contributed by atoms with Gasteiger partial charge in [0.1, 0.15) is 0 Å². The van der Waals surface area contributed by atoms with Crippen LogP contribution < -0.4 is 10.1 Å². The minimum Gasteiger partial charge on any atom is -0.481 e. The number of piperidine rings is 1. The summed E-state index contributed by atoms with van der Waals surface area (Å²) in [5, 5.41) is 2.83. The maximum absolute atomic E-state index is 12.2. The van der Waals surface area contributed by atoms with Crippen LogP contribution in [-0.4, -0.2) is 55.1 Å². The van der Waals surface area contributed by atoms with Crippen molar-refractivity contribution in [3.63, 3.8) is 0 Å². The Labute approximate surface area is 123 Å². The minimum atomic E-state index is -0.460. The van der Waals surface area contributed by atoms with E-state index in [4.69, 9.17) is 14.2 Å². The largest absolute Gasteiger partial charge is 0.481 e. The quantitative estimate of drug-likeness (QED) is 0.893. The second-order valence-corrected chi connectivity index (χ2v) is 5.11. The Morgan fingerprint density at radius 3 is 2.62 bits per heavy atom. The van der Waals surface area contributed by atoms with Gasteiger partial charge in [-0.05, 0) is 6.07 Å². The Hall–Kier alpha value is -1.86. The van der Waals surface area contributed by atoms with Crippen LogP contribution in [0.1, 0.15) is 12.8 Å². The molecule has 2 aliphatic rings. The van der Waals surface area contributed by atoms with Crippen LogP contribution in [0, 0.1) is 0 Å². The molecular weight excluding hydrogens is 274 g/mol. The van der Waals surface area contributed by atoms with Gasteiger partial charge in [-0.15, -0.1) is 0 Å². The highest BCUT2D eigenvalue weighted by Gasteiger charge is 2.40. The van der Waals surface area contributed by atoms with E-state index >= 15 is 0 Å². The Morgan fingerprint density at radius 1 is 1.33 bits per heavy atom. The fourth-order valence-electron chi connectivity index (χ4n) is 2.61. The number of aromatic nitrogens is 1. The van der Waals surface area contributed by atoms with Crippen molar-refractivity contribution < 1.29 is 19.0 Å². The van der Waals surface area contributed by atoms with Crippen LogP contribution in [0.4, 0.5) is 10.5 Å². The number of nitrogens with one attached hydrogen (secondary N) is 1. The summed E-state index contributed by atoms with van der Waals surface area (Å²) in [7, 11) is 1.55. The van der Waals surface area contributed by atoms with Gasteiger partial charge in [-0.2, -0.15) is 0 Å². The Morgan fingerprint density at radius 2 is 2.05 bits per heavy atom. The Bertz CT molecular complexity index is 489. The molecule has 114 valence electrons. The van der Waals surface area contributed by atoms with E-state index in [1.54, 1.807) is 30.3 Å². The predicted octanol–water partition coefficient (Wildman–Crippen LogP) is 1.46. The van der Waals surface area contributed by atoms with E-state index in [-0.39, 0.29) is 6.03 Å². The highest BCUT2D eigenvalue weighted by atomic mass is 16.7. The minimum absolute atomic E-state index is 0.130. The number of ether oxygens (including phenoxy) is 3. The summed E-state index contributed by atoms with van der Waals surface area (Å²) in [6.45, 7) is 2.53. The average Bonchev–Trinajstić information content (AvgIpc) is 2.97. The Balaban J connectivity index is 1.54. The number of methoxy groups -OCH3 is 1. The summed E-state index contributed by atoms with van der Waals surface area (Å²) >= 11 is 0. The first-order chi connectivity index (χ1) is 10.2. The van der Waals surface area contributed by atoms with Crippen molar-refractivity contribution in [2.75, 3.05) is 38.7 Å². The van der Waals surface area contributed by atoms with Gasteiger partial charge in [0.05, 0.1) is 32.2 Å². The first kappa shape index (κ1) is 14.1. The highest BCUT2D eigenvalue weighted by Crippen LogP contribution is 2.31. The van der Waals surface area contributed by atoms with E-state index in [0.717, 1.165) is 0 Å². The molecule has 0 unspecified atom stereocenters. The number of anilines is 1. The topological polar surface area (TPSA) is 72.9 Å². The molecule has 0 bridgehead atoms. The van der Waals surface area contributed by atoms with E-state index in [1.807, 2.05) is 0 Å². The number of rotatable bonds is 2. The molecule has 1 N–H and O–H groups in total. The van der Waals surface area contributed by atoms with E-state index in [0.29, 0.717) is 50.7 Å². The van der Waals surface area contributed by atoms with Gasteiger partial charge in [0.2, 0.25) is 5.88 Å². The lowest BCUT2D eigenvalue weighted by molar-refractivity contribution is -0.181. The number of hydrogen-bond acceptors (Lipinski definition) is 5. The van der Waals surface area contributed by atoms with Crippen LogP contribution in [0.25, 0.3) is 0 Å². The first-order valence-corrected chi connectivity index (χ1v) is 7.05. The SMILES string of the molecule is COc1ccc(NC(=O)N2CCC3(CC2)OCCO3)cn1. The lowest BCUT2D eigenvalue weighted by Crippen LogP contribution is -2.48. The maximum atomic E-state index is 12.2. The highest BCUT2D eigenvalue weighted by molar-refractivity contribution is 5.89. The normalized spacial score (nSPS) is 20.5. The van der Waals surface area contributed by atoms with Gasteiger partial charge in [0.15, 0.2) is 5.79 Å². The average molecular weight is 293 g/mol. The molecule has 2 amide bonds. The molecule has 0 aromatic carbocycles. The van der Waals surface area contributed by atoms with Crippen LogP contribution >= 0.6 is 0 Å². The molecule has 21 heavy (non-hydrogen) atoms. The van der Waals surface area contributed by atoms with Gasteiger partial charge >= 0.3 is 6.03 Å². The standard InChI is InChI=1S/C14H19N3O4/c1-19-12-3-2-11(10-15-12)16-13(18)17-6-4-14(5-7-17)20-8-9-21-14/h2-3,10H,4-9H2,1H3,(H,16,18). The zero-order valence-electron chi connectivity index (χ0n) is 12.0. The summed E-state index contributed by atoms with van der Waals surface area (Å²) in [4.78, 5) is 18.0. The predicted molar refractivity (Wildman–Crippen MR) is 75.2 cm³/mol. The second kappa shape index (κ2) is 5.87. The van der Waals surface area contributed by atoms with Crippen molar-refractivity contribution in [2.24, 2.45) is 0 Å². The van der Waals surface area contributed by atoms with Crippen molar-refractivity contribution in [3.8, 4) is 5.88 Å². The number of pyridine rings is 1. The molecule has 1 aromatic heterocycles. The van der Waals surface area contributed by atoms with E-state index < -0.39 is 5.79 Å². The smallest absolute Gasteiger partial charge is 0.321 e.